The number of fused-ring (bicyclic) bond motifs is 2. The van der Waals surface area contributed by atoms with E-state index in [1.54, 1.807) is 21.6 Å². The Balaban J connectivity index is 1.93. The number of nitrogens with two attached hydrogens (primary N) is 1. The third-order valence-electron chi connectivity index (χ3n) is 7.18. The second-order valence-electron chi connectivity index (χ2n) is 8.65. The molecule has 4 rings (SSSR count). The topological polar surface area (TPSA) is 26.0 Å². The van der Waals surface area contributed by atoms with E-state index in [-0.39, 0.29) is 0 Å². The molecular weight excluding hydrogens is 326 g/mol. The van der Waals surface area contributed by atoms with Crippen molar-refractivity contribution in [2.45, 2.75) is 58.3 Å². The smallest absolute Gasteiger partial charge is 0.00267 e. The summed E-state index contributed by atoms with van der Waals surface area (Å²) < 4.78 is 0. The van der Waals surface area contributed by atoms with Crippen molar-refractivity contribution < 1.29 is 0 Å². The second-order valence-corrected chi connectivity index (χ2v) is 8.65. The lowest BCUT2D eigenvalue weighted by Crippen LogP contribution is -2.44. The monoisotopic (exact) mass is 361 g/mol. The molecule has 0 aliphatic heterocycles. The molecule has 0 aromatic heterocycles. The molecule has 4 unspecified atom stereocenters. The Labute approximate surface area is 164 Å². The summed E-state index contributed by atoms with van der Waals surface area (Å²) in [5, 5.41) is 3.13. The average Bonchev–Trinajstić information content (AvgIpc) is 2.74. The summed E-state index contributed by atoms with van der Waals surface area (Å²) in [4.78, 5) is 0. The summed E-state index contributed by atoms with van der Waals surface area (Å²) in [6.07, 6.45) is 19.6. The molecule has 144 valence electrons. The molecule has 3 aliphatic rings. The van der Waals surface area contributed by atoms with Crippen LogP contribution in [-0.4, -0.2) is 6.54 Å². The highest BCUT2D eigenvalue weighted by atomic mass is 14.5. The van der Waals surface area contributed by atoms with E-state index >= 15 is 0 Å². The van der Waals surface area contributed by atoms with E-state index in [1.165, 1.54) is 44.9 Å². The van der Waals surface area contributed by atoms with Gasteiger partial charge in [-0.1, -0.05) is 79.5 Å². The molecule has 0 amide bonds. The van der Waals surface area contributed by atoms with E-state index in [9.17, 15) is 0 Å². The van der Waals surface area contributed by atoms with Crippen molar-refractivity contribution in [2.24, 2.45) is 29.4 Å². The fourth-order valence-electron chi connectivity index (χ4n) is 6.01. The van der Waals surface area contributed by atoms with E-state index in [1.807, 2.05) is 0 Å². The van der Waals surface area contributed by atoms with E-state index in [2.05, 4.69) is 55.5 Å². The molecular formula is C26H35N. The van der Waals surface area contributed by atoms with Crippen molar-refractivity contribution in [3.05, 3.63) is 59.0 Å². The summed E-state index contributed by atoms with van der Waals surface area (Å²) in [7, 11) is 0. The van der Waals surface area contributed by atoms with Gasteiger partial charge in [-0.25, -0.2) is 0 Å². The molecule has 0 saturated heterocycles. The van der Waals surface area contributed by atoms with Crippen LogP contribution >= 0.6 is 0 Å². The van der Waals surface area contributed by atoms with Gasteiger partial charge >= 0.3 is 0 Å². The third kappa shape index (κ3) is 3.59. The fourth-order valence-corrected chi connectivity index (χ4v) is 6.01. The van der Waals surface area contributed by atoms with Gasteiger partial charge in [0.1, 0.15) is 0 Å². The number of hydrogen-bond donors (Lipinski definition) is 1. The van der Waals surface area contributed by atoms with Gasteiger partial charge in [-0.05, 0) is 73.3 Å². The molecule has 4 atom stereocenters. The lowest BCUT2D eigenvalue weighted by atomic mass is 9.62. The van der Waals surface area contributed by atoms with Crippen molar-refractivity contribution in [3.8, 4) is 0 Å². The molecule has 1 saturated carbocycles. The first kappa shape index (κ1) is 18.7. The highest BCUT2D eigenvalue weighted by molar-refractivity contribution is 5.66. The minimum Gasteiger partial charge on any atom is -0.330 e. The minimum atomic E-state index is 0.590. The van der Waals surface area contributed by atoms with Gasteiger partial charge < -0.3 is 5.73 Å². The number of rotatable bonds is 6. The first-order chi connectivity index (χ1) is 13.3. The van der Waals surface area contributed by atoms with Crippen LogP contribution < -0.4 is 16.2 Å². The lowest BCUT2D eigenvalue weighted by molar-refractivity contribution is 0.321. The third-order valence-corrected chi connectivity index (χ3v) is 7.18. The summed E-state index contributed by atoms with van der Waals surface area (Å²) in [6, 6.07) is 9.34. The Kier molecular flexibility index (Phi) is 5.98. The molecule has 3 aliphatic carbocycles. The summed E-state index contributed by atoms with van der Waals surface area (Å²) in [5.41, 5.74) is 9.41. The van der Waals surface area contributed by atoms with Crippen LogP contribution in [0.4, 0.5) is 0 Å². The zero-order chi connectivity index (χ0) is 18.6. The maximum absolute atomic E-state index is 5.88. The van der Waals surface area contributed by atoms with Crippen molar-refractivity contribution in [1.82, 2.24) is 0 Å². The summed E-state index contributed by atoms with van der Waals surface area (Å²) >= 11 is 0. The van der Waals surface area contributed by atoms with Crippen molar-refractivity contribution >= 4 is 11.1 Å². The quantitative estimate of drug-likeness (QED) is 0.780. The molecule has 1 aromatic rings. The Morgan fingerprint density at radius 1 is 1.04 bits per heavy atom. The van der Waals surface area contributed by atoms with Crippen LogP contribution in [0.5, 0.6) is 0 Å². The van der Waals surface area contributed by atoms with Crippen LogP contribution in [0.2, 0.25) is 0 Å². The summed E-state index contributed by atoms with van der Waals surface area (Å²) in [5.74, 6) is 2.79. The first-order valence-electron chi connectivity index (χ1n) is 11.2. The largest absolute Gasteiger partial charge is 0.330 e. The number of allylic oxidation sites excluding steroid dienone is 4. The molecule has 2 N–H and O–H groups in total. The normalized spacial score (nSPS) is 28.0. The minimum absolute atomic E-state index is 0.590. The average molecular weight is 362 g/mol. The molecule has 0 radical (unpaired) electrons. The predicted molar refractivity (Wildman–Crippen MR) is 116 cm³/mol. The maximum atomic E-state index is 5.88. The van der Waals surface area contributed by atoms with Crippen molar-refractivity contribution in [3.63, 3.8) is 0 Å². The first-order valence-corrected chi connectivity index (χ1v) is 11.2. The predicted octanol–water partition coefficient (Wildman–Crippen LogP) is 4.71. The fraction of sp³-hybridized carbons (Fsp3) is 0.538. The molecule has 1 aromatic carbocycles. The van der Waals surface area contributed by atoms with Gasteiger partial charge in [-0.3, -0.25) is 0 Å². The van der Waals surface area contributed by atoms with Crippen LogP contribution in [-0.2, 0) is 0 Å². The molecule has 1 nitrogen and oxygen atoms in total. The van der Waals surface area contributed by atoms with Crippen molar-refractivity contribution in [1.29, 1.82) is 0 Å². The van der Waals surface area contributed by atoms with Gasteiger partial charge in [0.05, 0.1) is 0 Å². The van der Waals surface area contributed by atoms with E-state index in [0.717, 1.165) is 24.8 Å². The van der Waals surface area contributed by atoms with Crippen LogP contribution in [0.3, 0.4) is 0 Å². The second kappa shape index (κ2) is 8.61. The number of hydrogen-bond acceptors (Lipinski definition) is 1. The standard InChI is InChI=1S/C26H35N/c1-2-19(13-10-18-27)25-21-14-6-8-16-23(21)26(20-11-4-3-5-12-20)24-17-9-7-15-22(24)25/h3-6,8,11,14,16,19-20,22,24H,2,7,9-10,12-13,15,17-18,27H2,1H3. The maximum Gasteiger partial charge on any atom is 0.00267 e. The van der Waals surface area contributed by atoms with E-state index in [4.69, 9.17) is 5.73 Å². The highest BCUT2D eigenvalue weighted by Gasteiger charge is 2.38. The molecule has 0 bridgehead atoms. The van der Waals surface area contributed by atoms with Gasteiger partial charge in [0.2, 0.25) is 0 Å². The Morgan fingerprint density at radius 3 is 2.52 bits per heavy atom. The van der Waals surface area contributed by atoms with Gasteiger partial charge in [-0.15, -0.1) is 0 Å². The lowest BCUT2D eigenvalue weighted by Gasteiger charge is -2.42. The highest BCUT2D eigenvalue weighted by Crippen LogP contribution is 2.47. The molecule has 0 heterocycles. The molecule has 1 fully saturated rings. The zero-order valence-electron chi connectivity index (χ0n) is 16.9. The number of benzene rings is 1. The molecule has 27 heavy (non-hydrogen) atoms. The van der Waals surface area contributed by atoms with Gasteiger partial charge in [0, 0.05) is 5.92 Å². The van der Waals surface area contributed by atoms with Crippen LogP contribution in [0, 0.1) is 23.7 Å². The van der Waals surface area contributed by atoms with Crippen LogP contribution in [0.25, 0.3) is 11.1 Å². The molecule has 0 spiro atoms. The Hall–Kier alpha value is -1.60. The SMILES string of the molecule is CCC(CCCN)C1=c2ccccc2=C(C2C=CC=CC2)C2CCCCC12. The van der Waals surface area contributed by atoms with Gasteiger partial charge in [-0.2, -0.15) is 0 Å². The summed E-state index contributed by atoms with van der Waals surface area (Å²) in [6.45, 7) is 3.19. The Bertz CT molecular complexity index is 828. The van der Waals surface area contributed by atoms with Gasteiger partial charge in [0.25, 0.3) is 0 Å². The molecule has 1 heteroatoms. The van der Waals surface area contributed by atoms with E-state index in [0.29, 0.717) is 11.8 Å². The van der Waals surface area contributed by atoms with Crippen molar-refractivity contribution in [2.75, 3.05) is 6.54 Å². The van der Waals surface area contributed by atoms with Gasteiger partial charge in [0.15, 0.2) is 0 Å². The van der Waals surface area contributed by atoms with Crippen LogP contribution in [0.15, 0.2) is 48.6 Å². The van der Waals surface area contributed by atoms with Crippen LogP contribution in [0.1, 0.15) is 58.3 Å². The van der Waals surface area contributed by atoms with E-state index < -0.39 is 0 Å². The Morgan fingerprint density at radius 2 is 1.81 bits per heavy atom. The zero-order valence-corrected chi connectivity index (χ0v) is 16.9.